The van der Waals surface area contributed by atoms with Gasteiger partial charge in [0.2, 0.25) is 0 Å². The van der Waals surface area contributed by atoms with Crippen molar-refractivity contribution in [2.75, 3.05) is 13.4 Å². The van der Waals surface area contributed by atoms with Gasteiger partial charge in [0.05, 0.1) is 7.11 Å². The van der Waals surface area contributed by atoms with Crippen LogP contribution >= 0.6 is 23.1 Å². The van der Waals surface area contributed by atoms with Gasteiger partial charge >= 0.3 is 0 Å². The molecule has 2 rings (SSSR count). The SMILES string of the molecule is COc1ccccc1OCc1nnc(SC)s1. The van der Waals surface area contributed by atoms with Crippen LogP contribution in [0.15, 0.2) is 28.6 Å². The lowest BCUT2D eigenvalue weighted by atomic mass is 10.3. The molecule has 6 heteroatoms. The van der Waals surface area contributed by atoms with Crippen LogP contribution in [0.4, 0.5) is 0 Å². The normalized spacial score (nSPS) is 10.2. The topological polar surface area (TPSA) is 44.2 Å². The summed E-state index contributed by atoms with van der Waals surface area (Å²) in [5.74, 6) is 1.44. The number of aromatic nitrogens is 2. The lowest BCUT2D eigenvalue weighted by molar-refractivity contribution is 0.283. The molecule has 0 saturated carbocycles. The predicted molar refractivity (Wildman–Crippen MR) is 69.0 cm³/mol. The molecule has 0 radical (unpaired) electrons. The third-order valence-electron chi connectivity index (χ3n) is 2.04. The van der Waals surface area contributed by atoms with Crippen LogP contribution in [0, 0.1) is 0 Å². The zero-order valence-corrected chi connectivity index (χ0v) is 11.2. The molecular formula is C11H12N2O2S2. The maximum atomic E-state index is 5.65. The summed E-state index contributed by atoms with van der Waals surface area (Å²) in [6.45, 7) is 0.415. The van der Waals surface area contributed by atoms with Crippen molar-refractivity contribution in [3.05, 3.63) is 29.3 Å². The van der Waals surface area contributed by atoms with Crippen molar-refractivity contribution in [2.24, 2.45) is 0 Å². The molecule has 0 aliphatic rings. The molecule has 0 saturated heterocycles. The first kappa shape index (κ1) is 12.2. The maximum Gasteiger partial charge on any atom is 0.174 e. The van der Waals surface area contributed by atoms with Gasteiger partial charge in [-0.15, -0.1) is 10.2 Å². The Morgan fingerprint density at radius 3 is 2.65 bits per heavy atom. The van der Waals surface area contributed by atoms with Crippen LogP contribution in [-0.4, -0.2) is 23.6 Å². The van der Waals surface area contributed by atoms with E-state index in [2.05, 4.69) is 10.2 Å². The van der Waals surface area contributed by atoms with E-state index in [1.54, 1.807) is 30.2 Å². The van der Waals surface area contributed by atoms with E-state index in [1.807, 2.05) is 30.5 Å². The van der Waals surface area contributed by atoms with Crippen molar-refractivity contribution in [3.8, 4) is 11.5 Å². The average Bonchev–Trinajstić information content (AvgIpc) is 2.84. The van der Waals surface area contributed by atoms with Crippen LogP contribution in [0.2, 0.25) is 0 Å². The van der Waals surface area contributed by atoms with Gasteiger partial charge in [0.15, 0.2) is 20.8 Å². The molecule has 90 valence electrons. The first-order valence-corrected chi connectivity index (χ1v) is 7.00. The Hall–Kier alpha value is -1.27. The van der Waals surface area contributed by atoms with Crippen molar-refractivity contribution in [2.45, 2.75) is 10.9 Å². The zero-order chi connectivity index (χ0) is 12.1. The van der Waals surface area contributed by atoms with Gasteiger partial charge in [0.1, 0.15) is 6.61 Å². The van der Waals surface area contributed by atoms with E-state index >= 15 is 0 Å². The number of para-hydroxylation sites is 2. The van der Waals surface area contributed by atoms with E-state index in [0.29, 0.717) is 6.61 Å². The fourth-order valence-electron chi connectivity index (χ4n) is 1.26. The Balaban J connectivity index is 2.01. The number of thioether (sulfide) groups is 1. The van der Waals surface area contributed by atoms with Gasteiger partial charge in [-0.2, -0.15) is 0 Å². The van der Waals surface area contributed by atoms with E-state index in [1.165, 1.54) is 0 Å². The second-order valence-corrected chi connectivity index (χ2v) is 5.22. The number of ether oxygens (including phenoxy) is 2. The predicted octanol–water partition coefficient (Wildman–Crippen LogP) is 2.85. The summed E-state index contributed by atoms with van der Waals surface area (Å²) >= 11 is 3.12. The molecule has 4 nitrogen and oxygen atoms in total. The average molecular weight is 268 g/mol. The van der Waals surface area contributed by atoms with E-state index in [9.17, 15) is 0 Å². The van der Waals surface area contributed by atoms with E-state index < -0.39 is 0 Å². The van der Waals surface area contributed by atoms with Crippen LogP contribution in [0.3, 0.4) is 0 Å². The highest BCUT2D eigenvalue weighted by Crippen LogP contribution is 2.27. The molecule has 0 N–H and O–H groups in total. The highest BCUT2D eigenvalue weighted by Gasteiger charge is 2.06. The minimum Gasteiger partial charge on any atom is -0.493 e. The number of hydrogen-bond donors (Lipinski definition) is 0. The second-order valence-electron chi connectivity index (χ2n) is 3.11. The van der Waals surface area contributed by atoms with Gasteiger partial charge < -0.3 is 9.47 Å². The first-order chi connectivity index (χ1) is 8.33. The molecule has 0 spiro atoms. The fourth-order valence-corrected chi connectivity index (χ4v) is 2.48. The standard InChI is InChI=1S/C11H12N2O2S2/c1-14-8-5-3-4-6-9(8)15-7-10-12-13-11(16-2)17-10/h3-6H,7H2,1-2H3. The Morgan fingerprint density at radius 1 is 1.24 bits per heavy atom. The van der Waals surface area contributed by atoms with Crippen LogP contribution < -0.4 is 9.47 Å². The molecule has 0 aliphatic carbocycles. The summed E-state index contributed by atoms with van der Waals surface area (Å²) < 4.78 is 11.8. The molecule has 2 aromatic rings. The van der Waals surface area contributed by atoms with Gasteiger partial charge in [-0.1, -0.05) is 35.2 Å². The summed E-state index contributed by atoms with van der Waals surface area (Å²) in [6.07, 6.45) is 1.98. The van der Waals surface area contributed by atoms with Gasteiger partial charge in [0, 0.05) is 0 Å². The molecule has 17 heavy (non-hydrogen) atoms. The summed E-state index contributed by atoms with van der Waals surface area (Å²) in [6, 6.07) is 7.55. The lowest BCUT2D eigenvalue weighted by Gasteiger charge is -2.08. The maximum absolute atomic E-state index is 5.65. The monoisotopic (exact) mass is 268 g/mol. The van der Waals surface area contributed by atoms with Crippen LogP contribution in [0.25, 0.3) is 0 Å². The van der Waals surface area contributed by atoms with Crippen LogP contribution in [0.5, 0.6) is 11.5 Å². The van der Waals surface area contributed by atoms with Crippen molar-refractivity contribution in [1.82, 2.24) is 10.2 Å². The summed E-state index contributed by atoms with van der Waals surface area (Å²) in [7, 11) is 1.62. The van der Waals surface area contributed by atoms with E-state index in [0.717, 1.165) is 20.8 Å². The molecule has 0 aliphatic heterocycles. The summed E-state index contributed by atoms with van der Waals surface area (Å²) in [5, 5.41) is 8.91. The van der Waals surface area contributed by atoms with Gasteiger partial charge in [-0.25, -0.2) is 0 Å². The number of methoxy groups -OCH3 is 1. The van der Waals surface area contributed by atoms with Crippen LogP contribution in [-0.2, 0) is 6.61 Å². The molecule has 0 atom stereocenters. The Bertz CT molecular complexity index is 488. The quantitative estimate of drug-likeness (QED) is 0.780. The van der Waals surface area contributed by atoms with Crippen molar-refractivity contribution in [1.29, 1.82) is 0 Å². The molecule has 1 aromatic heterocycles. The Labute approximate surface area is 108 Å². The number of rotatable bonds is 5. The molecule has 1 heterocycles. The van der Waals surface area contributed by atoms with E-state index in [4.69, 9.17) is 9.47 Å². The first-order valence-electron chi connectivity index (χ1n) is 4.95. The van der Waals surface area contributed by atoms with Crippen LogP contribution in [0.1, 0.15) is 5.01 Å². The highest BCUT2D eigenvalue weighted by atomic mass is 32.2. The molecule has 1 aromatic carbocycles. The Morgan fingerprint density at radius 2 is 2.00 bits per heavy atom. The van der Waals surface area contributed by atoms with Crippen molar-refractivity contribution < 1.29 is 9.47 Å². The van der Waals surface area contributed by atoms with Gasteiger partial charge in [-0.3, -0.25) is 0 Å². The summed E-state index contributed by atoms with van der Waals surface area (Å²) in [5.41, 5.74) is 0. The number of nitrogens with zero attached hydrogens (tertiary/aromatic N) is 2. The number of hydrogen-bond acceptors (Lipinski definition) is 6. The number of benzene rings is 1. The third kappa shape index (κ3) is 3.10. The largest absolute Gasteiger partial charge is 0.493 e. The molecule has 0 fully saturated rings. The second kappa shape index (κ2) is 5.88. The highest BCUT2D eigenvalue weighted by molar-refractivity contribution is 8.00. The Kier molecular flexibility index (Phi) is 4.22. The van der Waals surface area contributed by atoms with E-state index in [-0.39, 0.29) is 0 Å². The van der Waals surface area contributed by atoms with Gasteiger partial charge in [-0.05, 0) is 18.4 Å². The molecule has 0 bridgehead atoms. The van der Waals surface area contributed by atoms with Crippen molar-refractivity contribution in [3.63, 3.8) is 0 Å². The van der Waals surface area contributed by atoms with Crippen molar-refractivity contribution >= 4 is 23.1 Å². The third-order valence-corrected chi connectivity index (χ3v) is 3.92. The van der Waals surface area contributed by atoms with Gasteiger partial charge in [0.25, 0.3) is 0 Å². The molecular weight excluding hydrogens is 256 g/mol. The minimum absolute atomic E-state index is 0.415. The molecule has 0 unspecified atom stereocenters. The lowest BCUT2D eigenvalue weighted by Crippen LogP contribution is -1.97. The summed E-state index contributed by atoms with van der Waals surface area (Å²) in [4.78, 5) is 0. The smallest absolute Gasteiger partial charge is 0.174 e. The zero-order valence-electron chi connectivity index (χ0n) is 9.54. The fraction of sp³-hybridized carbons (Fsp3) is 0.273. The molecule has 0 amide bonds. The minimum atomic E-state index is 0.415.